The third-order valence-corrected chi connectivity index (χ3v) is 3.66. The number of anilines is 1. The first-order valence-corrected chi connectivity index (χ1v) is 6.55. The Labute approximate surface area is 108 Å². The van der Waals surface area contributed by atoms with Crippen molar-refractivity contribution in [2.24, 2.45) is 17.6 Å². The van der Waals surface area contributed by atoms with Crippen LogP contribution in [-0.2, 0) is 0 Å². The highest BCUT2D eigenvalue weighted by Gasteiger charge is 2.20. The van der Waals surface area contributed by atoms with E-state index in [2.05, 4.69) is 17.2 Å². The van der Waals surface area contributed by atoms with Gasteiger partial charge in [-0.25, -0.2) is 4.98 Å². The maximum absolute atomic E-state index is 5.52. The molecular formula is C13H19N3S. The summed E-state index contributed by atoms with van der Waals surface area (Å²) in [5, 5.41) is 3.38. The number of nitrogens with one attached hydrogen (secondary N) is 1. The second-order valence-electron chi connectivity index (χ2n) is 4.96. The summed E-state index contributed by atoms with van der Waals surface area (Å²) in [6.07, 6.45) is 5.75. The van der Waals surface area contributed by atoms with Crippen LogP contribution >= 0.6 is 12.2 Å². The van der Waals surface area contributed by atoms with Crippen LogP contribution in [0.5, 0.6) is 0 Å². The molecule has 1 aliphatic rings. The van der Waals surface area contributed by atoms with E-state index < -0.39 is 0 Å². The van der Waals surface area contributed by atoms with Gasteiger partial charge in [-0.05, 0) is 36.8 Å². The summed E-state index contributed by atoms with van der Waals surface area (Å²) < 4.78 is 0. The molecule has 0 radical (unpaired) electrons. The van der Waals surface area contributed by atoms with Gasteiger partial charge in [-0.2, -0.15) is 0 Å². The highest BCUT2D eigenvalue weighted by Crippen LogP contribution is 2.30. The average Bonchev–Trinajstić information content (AvgIpc) is 2.73. The molecule has 2 atom stereocenters. The van der Waals surface area contributed by atoms with Gasteiger partial charge in [-0.3, -0.25) is 0 Å². The largest absolute Gasteiger partial charge is 0.389 e. The molecule has 0 aromatic carbocycles. The lowest BCUT2D eigenvalue weighted by molar-refractivity contribution is 0.536. The summed E-state index contributed by atoms with van der Waals surface area (Å²) in [7, 11) is 0. The van der Waals surface area contributed by atoms with E-state index in [0.29, 0.717) is 4.99 Å². The van der Waals surface area contributed by atoms with Crippen molar-refractivity contribution in [1.29, 1.82) is 0 Å². The molecule has 3 N–H and O–H groups in total. The molecular weight excluding hydrogens is 230 g/mol. The minimum atomic E-state index is 0.397. The summed E-state index contributed by atoms with van der Waals surface area (Å²) in [4.78, 5) is 4.70. The summed E-state index contributed by atoms with van der Waals surface area (Å²) >= 11 is 4.89. The molecule has 0 spiro atoms. The Morgan fingerprint density at radius 1 is 1.53 bits per heavy atom. The molecule has 1 fully saturated rings. The van der Waals surface area contributed by atoms with Gasteiger partial charge in [0, 0.05) is 18.3 Å². The van der Waals surface area contributed by atoms with Crippen molar-refractivity contribution < 1.29 is 0 Å². The highest BCUT2D eigenvalue weighted by atomic mass is 32.1. The van der Waals surface area contributed by atoms with Gasteiger partial charge in [0.1, 0.15) is 10.8 Å². The van der Waals surface area contributed by atoms with Gasteiger partial charge in [0.2, 0.25) is 0 Å². The summed E-state index contributed by atoms with van der Waals surface area (Å²) in [5.41, 5.74) is 6.34. The number of nitrogens with zero attached hydrogens (tertiary/aromatic N) is 1. The number of thiocarbonyl (C=S) groups is 1. The van der Waals surface area contributed by atoms with Crippen molar-refractivity contribution in [2.45, 2.75) is 26.2 Å². The zero-order valence-corrected chi connectivity index (χ0v) is 11.0. The van der Waals surface area contributed by atoms with Crippen LogP contribution in [0.25, 0.3) is 0 Å². The third kappa shape index (κ3) is 3.40. The molecule has 2 rings (SSSR count). The van der Waals surface area contributed by atoms with Crippen molar-refractivity contribution in [3.8, 4) is 0 Å². The lowest BCUT2D eigenvalue weighted by Gasteiger charge is -2.11. The Kier molecular flexibility index (Phi) is 3.94. The van der Waals surface area contributed by atoms with Crippen molar-refractivity contribution in [3.05, 3.63) is 23.9 Å². The fourth-order valence-electron chi connectivity index (χ4n) is 2.40. The van der Waals surface area contributed by atoms with Gasteiger partial charge in [0.05, 0.1) is 0 Å². The zero-order valence-electron chi connectivity index (χ0n) is 10.1. The topological polar surface area (TPSA) is 50.9 Å². The molecule has 2 unspecified atom stereocenters. The number of rotatable bonds is 4. The lowest BCUT2D eigenvalue weighted by atomic mass is 10.1. The average molecular weight is 249 g/mol. The Bertz CT molecular complexity index is 388. The van der Waals surface area contributed by atoms with E-state index in [0.717, 1.165) is 29.8 Å². The van der Waals surface area contributed by atoms with Crippen LogP contribution in [-0.4, -0.2) is 16.5 Å². The Morgan fingerprint density at radius 3 is 2.88 bits per heavy atom. The molecule has 0 aliphatic heterocycles. The predicted molar refractivity (Wildman–Crippen MR) is 75.1 cm³/mol. The Hall–Kier alpha value is -1.16. The normalized spacial score (nSPS) is 23.6. The summed E-state index contributed by atoms with van der Waals surface area (Å²) in [6.45, 7) is 3.35. The van der Waals surface area contributed by atoms with Gasteiger partial charge in [0.25, 0.3) is 0 Å². The second kappa shape index (κ2) is 5.45. The van der Waals surface area contributed by atoms with Crippen molar-refractivity contribution in [1.82, 2.24) is 4.98 Å². The highest BCUT2D eigenvalue weighted by molar-refractivity contribution is 7.80. The molecule has 1 aliphatic carbocycles. The van der Waals surface area contributed by atoms with E-state index in [-0.39, 0.29) is 0 Å². The van der Waals surface area contributed by atoms with E-state index in [9.17, 15) is 0 Å². The molecule has 92 valence electrons. The number of hydrogen-bond acceptors (Lipinski definition) is 3. The van der Waals surface area contributed by atoms with E-state index in [1.807, 2.05) is 12.1 Å². The molecule has 1 heterocycles. The molecule has 3 nitrogen and oxygen atoms in total. The minimum absolute atomic E-state index is 0.397. The van der Waals surface area contributed by atoms with Gasteiger partial charge in [0.15, 0.2) is 0 Å². The van der Waals surface area contributed by atoms with Gasteiger partial charge in [-0.15, -0.1) is 0 Å². The fourth-order valence-corrected chi connectivity index (χ4v) is 2.52. The molecule has 4 heteroatoms. The summed E-state index contributed by atoms with van der Waals surface area (Å²) in [6, 6.07) is 3.85. The number of nitrogens with two attached hydrogens (primary N) is 1. The van der Waals surface area contributed by atoms with Gasteiger partial charge in [-0.1, -0.05) is 25.6 Å². The fraction of sp³-hybridized carbons (Fsp3) is 0.538. The standard InChI is InChI=1S/C13H19N3S/c1-9-2-3-10(6-9)7-15-12-5-4-11(8-16-12)13(14)17/h4-5,8-10H,2-3,6-7H2,1H3,(H2,14,17)(H,15,16). The van der Waals surface area contributed by atoms with Crippen LogP contribution in [0.2, 0.25) is 0 Å². The summed E-state index contributed by atoms with van der Waals surface area (Å²) in [5.74, 6) is 2.58. The van der Waals surface area contributed by atoms with Crippen LogP contribution in [0.3, 0.4) is 0 Å². The first-order chi connectivity index (χ1) is 8.15. The number of pyridine rings is 1. The monoisotopic (exact) mass is 249 g/mol. The van der Waals surface area contributed by atoms with E-state index in [1.165, 1.54) is 19.3 Å². The van der Waals surface area contributed by atoms with Crippen LogP contribution in [0.4, 0.5) is 5.82 Å². The van der Waals surface area contributed by atoms with E-state index >= 15 is 0 Å². The first kappa shape index (κ1) is 12.3. The van der Waals surface area contributed by atoms with Crippen LogP contribution in [0.15, 0.2) is 18.3 Å². The predicted octanol–water partition coefficient (Wildman–Crippen LogP) is 2.56. The maximum atomic E-state index is 5.52. The Balaban J connectivity index is 1.85. The van der Waals surface area contributed by atoms with E-state index in [4.69, 9.17) is 18.0 Å². The van der Waals surface area contributed by atoms with E-state index in [1.54, 1.807) is 6.20 Å². The van der Waals surface area contributed by atoms with Gasteiger partial charge < -0.3 is 11.1 Å². The SMILES string of the molecule is CC1CCC(CNc2ccc(C(N)=S)cn2)C1. The van der Waals surface area contributed by atoms with Crippen molar-refractivity contribution >= 4 is 23.0 Å². The third-order valence-electron chi connectivity index (χ3n) is 3.42. The van der Waals surface area contributed by atoms with Gasteiger partial charge >= 0.3 is 0 Å². The quantitative estimate of drug-likeness (QED) is 0.805. The zero-order chi connectivity index (χ0) is 12.3. The molecule has 1 aromatic heterocycles. The van der Waals surface area contributed by atoms with Crippen molar-refractivity contribution in [3.63, 3.8) is 0 Å². The maximum Gasteiger partial charge on any atom is 0.125 e. The molecule has 0 amide bonds. The van der Waals surface area contributed by atoms with Crippen molar-refractivity contribution in [2.75, 3.05) is 11.9 Å². The molecule has 1 saturated carbocycles. The van der Waals surface area contributed by atoms with Crippen LogP contribution < -0.4 is 11.1 Å². The molecule has 17 heavy (non-hydrogen) atoms. The molecule has 1 aromatic rings. The number of hydrogen-bond donors (Lipinski definition) is 2. The van der Waals surface area contributed by atoms with Crippen LogP contribution in [0, 0.1) is 11.8 Å². The Morgan fingerprint density at radius 2 is 2.35 bits per heavy atom. The smallest absolute Gasteiger partial charge is 0.125 e. The number of aromatic nitrogens is 1. The minimum Gasteiger partial charge on any atom is -0.389 e. The second-order valence-corrected chi connectivity index (χ2v) is 5.40. The molecule has 0 saturated heterocycles. The lowest BCUT2D eigenvalue weighted by Crippen LogP contribution is -2.13. The van der Waals surface area contributed by atoms with Crippen LogP contribution in [0.1, 0.15) is 31.7 Å². The molecule has 0 bridgehead atoms. The first-order valence-electron chi connectivity index (χ1n) is 6.15.